The van der Waals surface area contributed by atoms with Crippen molar-refractivity contribution in [1.29, 1.82) is 0 Å². The Morgan fingerprint density at radius 1 is 1.36 bits per heavy atom. The van der Waals surface area contributed by atoms with Crippen molar-refractivity contribution >= 4 is 23.9 Å². The van der Waals surface area contributed by atoms with Crippen LogP contribution in [0.4, 0.5) is 0 Å². The third-order valence-corrected chi connectivity index (χ3v) is 4.64. The Balaban J connectivity index is 0.00000144. The third kappa shape index (κ3) is 2.12. The molecule has 0 radical (unpaired) electrons. The van der Waals surface area contributed by atoms with Crippen LogP contribution in [0.5, 0.6) is 5.75 Å². The van der Waals surface area contributed by atoms with E-state index in [2.05, 4.69) is 10.3 Å². The van der Waals surface area contributed by atoms with Crippen LogP contribution in [0.1, 0.15) is 24.8 Å². The predicted molar refractivity (Wildman–Crippen MR) is 85.8 cm³/mol. The van der Waals surface area contributed by atoms with Crippen LogP contribution in [0.3, 0.4) is 0 Å². The first-order valence-electron chi connectivity index (χ1n) is 7.28. The van der Waals surface area contributed by atoms with Gasteiger partial charge >= 0.3 is 0 Å². The number of pyridine rings is 1. The molecule has 1 fully saturated rings. The Bertz CT molecular complexity index is 690. The molecule has 1 amide bonds. The number of halogens is 1. The normalized spacial score (nSPS) is 21.4. The molecule has 1 aliphatic carbocycles. The second kappa shape index (κ2) is 5.41. The molecule has 22 heavy (non-hydrogen) atoms. The fourth-order valence-corrected chi connectivity index (χ4v) is 3.58. The number of amides is 1. The third-order valence-electron chi connectivity index (χ3n) is 4.64. The lowest BCUT2D eigenvalue weighted by molar-refractivity contribution is -0.114. The number of nitrogens with one attached hydrogen (secondary N) is 1. The van der Waals surface area contributed by atoms with Crippen molar-refractivity contribution in [1.82, 2.24) is 10.3 Å². The average Bonchev–Trinajstić information content (AvgIpc) is 2.95. The van der Waals surface area contributed by atoms with E-state index in [0.29, 0.717) is 12.0 Å². The number of allylic oxidation sites excluding steroid dienone is 1. The summed E-state index contributed by atoms with van der Waals surface area (Å²) in [5.74, 6) is 0.473. The quantitative estimate of drug-likeness (QED) is 0.824. The lowest BCUT2D eigenvalue weighted by Crippen LogP contribution is -2.48. The number of carbonyl (C=O) groups excluding carboxylic acids is 1. The fraction of sp³-hybridized carbons (Fsp3) is 0.375. The molecule has 0 saturated carbocycles. The van der Waals surface area contributed by atoms with E-state index in [4.69, 9.17) is 10.5 Å². The topological polar surface area (TPSA) is 77.2 Å². The molecule has 1 saturated heterocycles. The van der Waals surface area contributed by atoms with Crippen molar-refractivity contribution in [2.75, 3.05) is 13.1 Å². The van der Waals surface area contributed by atoms with Crippen molar-refractivity contribution in [2.45, 2.75) is 24.9 Å². The number of nitrogens with zero attached hydrogens (tertiary/aromatic N) is 1. The highest BCUT2D eigenvalue weighted by atomic mass is 35.5. The van der Waals surface area contributed by atoms with Gasteiger partial charge in [-0.3, -0.25) is 9.78 Å². The van der Waals surface area contributed by atoms with Gasteiger partial charge in [0, 0.05) is 42.2 Å². The van der Waals surface area contributed by atoms with E-state index in [1.165, 1.54) is 5.57 Å². The number of carbonyl (C=O) groups is 1. The molecule has 0 aromatic carbocycles. The monoisotopic (exact) mass is 319 g/mol. The van der Waals surface area contributed by atoms with Crippen LogP contribution in [0, 0.1) is 0 Å². The second-order valence-corrected chi connectivity index (χ2v) is 5.82. The van der Waals surface area contributed by atoms with Crippen LogP contribution in [0.2, 0.25) is 0 Å². The largest absolute Gasteiger partial charge is 0.480 e. The Hall–Kier alpha value is -1.85. The highest BCUT2D eigenvalue weighted by Gasteiger charge is 2.45. The molecule has 1 spiro atoms. The van der Waals surface area contributed by atoms with Crippen LogP contribution in [-0.2, 0) is 4.79 Å². The molecule has 5 nitrogen and oxygen atoms in total. The molecule has 1 aromatic rings. The maximum Gasteiger partial charge on any atom is 0.244 e. The molecule has 6 heteroatoms. The molecule has 3 heterocycles. The number of nitrogens with two attached hydrogens (primary N) is 1. The van der Waals surface area contributed by atoms with Gasteiger partial charge < -0.3 is 15.8 Å². The van der Waals surface area contributed by atoms with Gasteiger partial charge in [-0.15, -0.1) is 12.4 Å². The predicted octanol–water partition coefficient (Wildman–Crippen LogP) is 1.59. The number of primary amides is 1. The number of hydrogen-bond donors (Lipinski definition) is 2. The summed E-state index contributed by atoms with van der Waals surface area (Å²) in [6.07, 6.45) is 7.86. The van der Waals surface area contributed by atoms with E-state index < -0.39 is 0 Å². The van der Waals surface area contributed by atoms with Gasteiger partial charge in [0.05, 0.1) is 6.20 Å². The SMILES string of the molecule is Cl.NC(=O)C1=CC2=C(C1)c1ccncc1OC21CCNCC1. The molecule has 116 valence electrons. The average molecular weight is 320 g/mol. The van der Waals surface area contributed by atoms with Gasteiger partial charge in [0.1, 0.15) is 11.4 Å². The Kier molecular flexibility index (Phi) is 3.70. The smallest absolute Gasteiger partial charge is 0.244 e. The number of rotatable bonds is 1. The van der Waals surface area contributed by atoms with Gasteiger partial charge in [0.15, 0.2) is 0 Å². The molecule has 3 N–H and O–H groups in total. The van der Waals surface area contributed by atoms with E-state index in [1.807, 2.05) is 12.1 Å². The number of aromatic nitrogens is 1. The molecule has 0 atom stereocenters. The van der Waals surface area contributed by atoms with Crippen LogP contribution in [0.15, 0.2) is 35.7 Å². The molecule has 0 bridgehead atoms. The molecule has 4 rings (SSSR count). The highest BCUT2D eigenvalue weighted by molar-refractivity contribution is 5.99. The van der Waals surface area contributed by atoms with E-state index in [9.17, 15) is 4.79 Å². The fourth-order valence-electron chi connectivity index (χ4n) is 3.58. The van der Waals surface area contributed by atoms with E-state index >= 15 is 0 Å². The summed E-state index contributed by atoms with van der Waals surface area (Å²) < 4.78 is 6.35. The van der Waals surface area contributed by atoms with Crippen molar-refractivity contribution in [3.63, 3.8) is 0 Å². The second-order valence-electron chi connectivity index (χ2n) is 5.82. The van der Waals surface area contributed by atoms with Gasteiger partial charge in [-0.25, -0.2) is 0 Å². The number of hydrogen-bond acceptors (Lipinski definition) is 4. The Morgan fingerprint density at radius 2 is 2.14 bits per heavy atom. The zero-order chi connectivity index (χ0) is 14.4. The van der Waals surface area contributed by atoms with Crippen molar-refractivity contribution < 1.29 is 9.53 Å². The summed E-state index contributed by atoms with van der Waals surface area (Å²) in [5, 5.41) is 3.36. The van der Waals surface area contributed by atoms with Crippen molar-refractivity contribution in [2.24, 2.45) is 5.73 Å². The first-order chi connectivity index (χ1) is 10.2. The first-order valence-corrected chi connectivity index (χ1v) is 7.28. The molecular formula is C16H18ClN3O2. The van der Waals surface area contributed by atoms with Gasteiger partial charge in [0.25, 0.3) is 0 Å². The first kappa shape index (κ1) is 15.1. The van der Waals surface area contributed by atoms with Gasteiger partial charge in [0.2, 0.25) is 5.91 Å². The van der Waals surface area contributed by atoms with E-state index in [0.717, 1.165) is 42.8 Å². The maximum absolute atomic E-state index is 11.6. The number of piperidine rings is 1. The summed E-state index contributed by atoms with van der Waals surface area (Å²) in [5.41, 5.74) is 9.17. The molecular weight excluding hydrogens is 302 g/mol. The van der Waals surface area contributed by atoms with Gasteiger partial charge in [-0.2, -0.15) is 0 Å². The van der Waals surface area contributed by atoms with Crippen LogP contribution in [-0.4, -0.2) is 29.6 Å². The van der Waals surface area contributed by atoms with E-state index in [-0.39, 0.29) is 23.9 Å². The van der Waals surface area contributed by atoms with Gasteiger partial charge in [-0.05, 0) is 30.8 Å². The zero-order valence-corrected chi connectivity index (χ0v) is 12.9. The summed E-state index contributed by atoms with van der Waals surface area (Å²) in [4.78, 5) is 15.8. The summed E-state index contributed by atoms with van der Waals surface area (Å²) >= 11 is 0. The maximum atomic E-state index is 11.6. The van der Waals surface area contributed by atoms with Crippen molar-refractivity contribution in [3.05, 3.63) is 41.2 Å². The Morgan fingerprint density at radius 3 is 2.86 bits per heavy atom. The summed E-state index contributed by atoms with van der Waals surface area (Å²) in [6, 6.07) is 1.95. The molecule has 2 aliphatic heterocycles. The van der Waals surface area contributed by atoms with Crippen LogP contribution >= 0.6 is 12.4 Å². The number of fused-ring (bicyclic) bond motifs is 3. The lowest BCUT2D eigenvalue weighted by Gasteiger charge is -2.42. The van der Waals surface area contributed by atoms with Crippen LogP contribution in [0.25, 0.3) is 5.57 Å². The number of ether oxygens (including phenoxy) is 1. The van der Waals surface area contributed by atoms with Crippen LogP contribution < -0.4 is 15.8 Å². The zero-order valence-electron chi connectivity index (χ0n) is 12.1. The summed E-state index contributed by atoms with van der Waals surface area (Å²) in [6.45, 7) is 1.82. The molecule has 3 aliphatic rings. The minimum absolute atomic E-state index is 0. The standard InChI is InChI=1S/C16H17N3O2.ClH/c17-15(20)10-7-12-11-1-4-19-9-14(11)21-16(13(12)8-10)2-5-18-6-3-16;/h1,4,8-9,18H,2-3,5-7H2,(H2,17,20);1H. The molecule has 1 aromatic heterocycles. The Labute approximate surface area is 135 Å². The minimum atomic E-state index is -0.343. The van der Waals surface area contributed by atoms with Crippen molar-refractivity contribution in [3.8, 4) is 5.75 Å². The van der Waals surface area contributed by atoms with E-state index in [1.54, 1.807) is 12.4 Å². The minimum Gasteiger partial charge on any atom is -0.480 e. The summed E-state index contributed by atoms with van der Waals surface area (Å²) in [7, 11) is 0. The lowest BCUT2D eigenvalue weighted by atomic mass is 9.79. The van der Waals surface area contributed by atoms with Gasteiger partial charge in [-0.1, -0.05) is 0 Å². The molecule has 0 unspecified atom stereocenters. The highest BCUT2D eigenvalue weighted by Crippen LogP contribution is 2.50.